The first-order valence-corrected chi connectivity index (χ1v) is 9.86. The van der Waals surface area contributed by atoms with Crippen LogP contribution in [-0.2, 0) is 20.6 Å². The van der Waals surface area contributed by atoms with Gasteiger partial charge < -0.3 is 15.0 Å². The summed E-state index contributed by atoms with van der Waals surface area (Å²) in [5.74, 6) is 0.0152. The Labute approximate surface area is 150 Å². The van der Waals surface area contributed by atoms with Gasteiger partial charge in [0.05, 0.1) is 6.61 Å². The van der Waals surface area contributed by atoms with E-state index >= 15 is 0 Å². The molecule has 1 unspecified atom stereocenters. The smallest absolute Gasteiger partial charge is 0.439 e. The number of halogens is 2. The number of nitrogens with two attached hydrogens (primary N) is 1. The molecule has 0 saturated heterocycles. The Morgan fingerprint density at radius 3 is 1.84 bits per heavy atom. The van der Waals surface area contributed by atoms with Gasteiger partial charge in [-0.25, -0.2) is 9.00 Å². The molecular weight excluding hydrogens is 352 g/mol. The predicted molar refractivity (Wildman–Crippen MR) is 91.2 cm³/mol. The highest BCUT2D eigenvalue weighted by molar-refractivity contribution is 7.81. The van der Waals surface area contributed by atoms with E-state index in [1.807, 2.05) is 20.8 Å². The van der Waals surface area contributed by atoms with E-state index in [2.05, 4.69) is 0 Å². The summed E-state index contributed by atoms with van der Waals surface area (Å²) in [6, 6.07) is 0. The summed E-state index contributed by atoms with van der Waals surface area (Å²) < 4.78 is 49.7. The molecule has 0 amide bonds. The lowest BCUT2D eigenvalue weighted by Crippen LogP contribution is -2.49. The molecule has 8 heteroatoms. The molecule has 0 aromatic rings. The van der Waals surface area contributed by atoms with Crippen molar-refractivity contribution in [1.82, 2.24) is 0 Å². The predicted octanol–water partition coefficient (Wildman–Crippen LogP) is 3.30. The van der Waals surface area contributed by atoms with Crippen LogP contribution < -0.4 is 5.73 Å². The average molecular weight is 381 g/mol. The van der Waals surface area contributed by atoms with Crippen LogP contribution in [0.15, 0.2) is 0 Å². The Morgan fingerprint density at radius 1 is 1.16 bits per heavy atom. The molecule has 1 atom stereocenters. The lowest BCUT2D eigenvalue weighted by Gasteiger charge is -2.56. The maximum Gasteiger partial charge on any atom is 0.439 e. The first-order chi connectivity index (χ1) is 11.3. The lowest BCUT2D eigenvalue weighted by atomic mass is 9.50. The zero-order valence-electron chi connectivity index (χ0n) is 15.1. The molecule has 25 heavy (non-hydrogen) atoms. The summed E-state index contributed by atoms with van der Waals surface area (Å²) in [4.78, 5) is 11.3. The first kappa shape index (κ1) is 20.7. The third-order valence-corrected chi connectivity index (χ3v) is 5.74. The minimum atomic E-state index is -4.33. The van der Waals surface area contributed by atoms with Crippen LogP contribution in [0.4, 0.5) is 8.78 Å². The fourth-order valence-electron chi connectivity index (χ4n) is 4.84. The van der Waals surface area contributed by atoms with Gasteiger partial charge in [0.25, 0.3) is 0 Å². The van der Waals surface area contributed by atoms with Gasteiger partial charge in [-0.3, -0.25) is 0 Å². The number of hydrogen-bond donors (Lipinski definition) is 2. The number of alkyl halides is 2. The van der Waals surface area contributed by atoms with Crippen molar-refractivity contribution >= 4 is 17.0 Å². The summed E-state index contributed by atoms with van der Waals surface area (Å²) in [7, 11) is 0. The second kappa shape index (κ2) is 7.19. The zero-order valence-corrected chi connectivity index (χ0v) is 15.9. The fourth-order valence-corrected chi connectivity index (χ4v) is 5.04. The van der Waals surface area contributed by atoms with E-state index in [0.29, 0.717) is 17.8 Å². The lowest BCUT2D eigenvalue weighted by molar-refractivity contribution is -0.171. The Bertz CT molecular complexity index is 492. The van der Waals surface area contributed by atoms with Crippen LogP contribution >= 0.6 is 0 Å². The number of esters is 1. The Hall–Kier alpha value is -0.600. The van der Waals surface area contributed by atoms with Crippen LogP contribution in [0.25, 0.3) is 0 Å². The Kier molecular flexibility index (Phi) is 5.96. The van der Waals surface area contributed by atoms with Gasteiger partial charge in [-0.2, -0.15) is 8.78 Å². The zero-order chi connectivity index (χ0) is 19.0. The molecule has 4 aliphatic rings. The largest absolute Gasteiger partial charge is 0.460 e. The minimum absolute atomic E-state index is 0. The van der Waals surface area contributed by atoms with Crippen LogP contribution in [0.5, 0.6) is 0 Å². The molecular formula is C17H29F2NO4S. The van der Waals surface area contributed by atoms with Crippen molar-refractivity contribution in [2.45, 2.75) is 70.1 Å². The Morgan fingerprint density at radius 2 is 1.52 bits per heavy atom. The SMILES string of the molecule is CC(C)(C)N.O=C(OCC12CC3CC(CC(C3)C1)C2)C(F)(F)S(=O)O. The Balaban J connectivity index is 0.000000399. The summed E-state index contributed by atoms with van der Waals surface area (Å²) in [5, 5.41) is -4.33. The number of hydrogen-bond acceptors (Lipinski definition) is 4. The molecule has 4 fully saturated rings. The summed E-state index contributed by atoms with van der Waals surface area (Å²) in [5.41, 5.74) is 5.18. The number of rotatable bonds is 4. The van der Waals surface area contributed by atoms with Gasteiger partial charge in [0.2, 0.25) is 11.1 Å². The molecule has 4 saturated carbocycles. The van der Waals surface area contributed by atoms with E-state index < -0.39 is 22.3 Å². The van der Waals surface area contributed by atoms with Crippen LogP contribution in [0.3, 0.4) is 0 Å². The van der Waals surface area contributed by atoms with Crippen LogP contribution in [0.2, 0.25) is 0 Å². The number of carbonyl (C=O) groups is 1. The summed E-state index contributed by atoms with van der Waals surface area (Å²) in [6.07, 6.45) is 6.43. The van der Waals surface area contributed by atoms with Gasteiger partial charge in [-0.15, -0.1) is 0 Å². The molecule has 5 nitrogen and oxygen atoms in total. The van der Waals surface area contributed by atoms with Crippen molar-refractivity contribution in [2.24, 2.45) is 28.9 Å². The van der Waals surface area contributed by atoms with Crippen molar-refractivity contribution < 1.29 is 27.1 Å². The van der Waals surface area contributed by atoms with Crippen molar-refractivity contribution in [3.05, 3.63) is 0 Å². The normalized spacial score (nSPS) is 34.9. The maximum absolute atomic E-state index is 13.1. The minimum Gasteiger partial charge on any atom is -0.460 e. The van der Waals surface area contributed by atoms with Crippen LogP contribution in [-0.4, -0.2) is 32.1 Å². The van der Waals surface area contributed by atoms with Gasteiger partial charge >= 0.3 is 11.2 Å². The molecule has 0 aliphatic heterocycles. The molecule has 146 valence electrons. The molecule has 0 aromatic heterocycles. The molecule has 0 aromatic carbocycles. The third-order valence-electron chi connectivity index (χ3n) is 5.13. The van der Waals surface area contributed by atoms with Crippen molar-refractivity contribution in [1.29, 1.82) is 0 Å². The molecule has 3 N–H and O–H groups in total. The first-order valence-electron chi connectivity index (χ1n) is 8.76. The van der Waals surface area contributed by atoms with Gasteiger partial charge in [0, 0.05) is 11.0 Å². The van der Waals surface area contributed by atoms with Gasteiger partial charge in [0.15, 0.2) is 0 Å². The average Bonchev–Trinajstić information content (AvgIpc) is 2.41. The van der Waals surface area contributed by atoms with Crippen molar-refractivity contribution in [2.75, 3.05) is 6.61 Å². The topological polar surface area (TPSA) is 89.6 Å². The second-order valence-electron chi connectivity index (χ2n) is 9.13. The second-order valence-corrected chi connectivity index (χ2v) is 10.1. The summed E-state index contributed by atoms with van der Waals surface area (Å²) >= 11 is -3.53. The molecule has 0 radical (unpaired) electrons. The van der Waals surface area contributed by atoms with E-state index in [0.717, 1.165) is 19.3 Å². The summed E-state index contributed by atoms with van der Waals surface area (Å²) in [6.45, 7) is 5.86. The van der Waals surface area contributed by atoms with Gasteiger partial charge in [-0.05, 0) is 77.0 Å². The van der Waals surface area contributed by atoms with E-state index in [-0.39, 0.29) is 17.6 Å². The van der Waals surface area contributed by atoms with E-state index in [9.17, 15) is 17.8 Å². The highest BCUT2D eigenvalue weighted by Crippen LogP contribution is 2.60. The molecule has 4 aliphatic carbocycles. The standard InChI is InChI=1S/C13H18F2O4S.C4H11N/c14-13(15,20(17)18)11(16)19-7-12-4-8-1-9(5-12)3-10(2-8)6-12;1-4(2,3)5/h8-10H,1-7H2,(H,17,18);5H2,1-3H3. The number of ether oxygens (including phenoxy) is 1. The van der Waals surface area contributed by atoms with Crippen LogP contribution in [0, 0.1) is 23.2 Å². The molecule has 4 rings (SSSR count). The van der Waals surface area contributed by atoms with E-state index in [4.69, 9.17) is 15.0 Å². The van der Waals surface area contributed by atoms with Gasteiger partial charge in [-0.1, -0.05) is 0 Å². The molecule has 4 bridgehead atoms. The van der Waals surface area contributed by atoms with E-state index in [1.54, 1.807) is 0 Å². The fraction of sp³-hybridized carbons (Fsp3) is 0.941. The van der Waals surface area contributed by atoms with Crippen LogP contribution in [0.1, 0.15) is 59.3 Å². The number of carbonyl (C=O) groups excluding carboxylic acids is 1. The molecule has 0 spiro atoms. The maximum atomic E-state index is 13.1. The van der Waals surface area contributed by atoms with Crippen molar-refractivity contribution in [3.63, 3.8) is 0 Å². The highest BCUT2D eigenvalue weighted by Gasteiger charge is 2.53. The monoisotopic (exact) mass is 381 g/mol. The van der Waals surface area contributed by atoms with E-state index in [1.165, 1.54) is 19.3 Å². The van der Waals surface area contributed by atoms with Crippen molar-refractivity contribution in [3.8, 4) is 0 Å². The quantitative estimate of drug-likeness (QED) is 0.576. The highest BCUT2D eigenvalue weighted by atomic mass is 32.2. The molecule has 0 heterocycles. The third kappa shape index (κ3) is 5.44. The van der Waals surface area contributed by atoms with Gasteiger partial charge in [0.1, 0.15) is 0 Å².